The van der Waals surface area contributed by atoms with E-state index in [1.54, 1.807) is 4.52 Å². The molecule has 2 heterocycles. The Balaban J connectivity index is 1.66. The van der Waals surface area contributed by atoms with Crippen molar-refractivity contribution in [3.05, 3.63) is 17.5 Å². The molecule has 0 saturated heterocycles. The molecule has 1 saturated carbocycles. The molecule has 0 unspecified atom stereocenters. The zero-order valence-corrected chi connectivity index (χ0v) is 15.6. The van der Waals surface area contributed by atoms with Crippen LogP contribution < -0.4 is 5.32 Å². The van der Waals surface area contributed by atoms with Gasteiger partial charge in [-0.15, -0.1) is 5.10 Å². The average molecular weight is 347 g/mol. The first-order valence-electron chi connectivity index (χ1n) is 8.62. The molecule has 1 fully saturated rings. The van der Waals surface area contributed by atoms with E-state index in [4.69, 9.17) is 0 Å². The van der Waals surface area contributed by atoms with E-state index in [0.717, 1.165) is 17.8 Å². The van der Waals surface area contributed by atoms with Gasteiger partial charge in [0, 0.05) is 17.4 Å². The van der Waals surface area contributed by atoms with Crippen molar-refractivity contribution in [1.29, 1.82) is 0 Å². The second-order valence-electron chi connectivity index (χ2n) is 6.78. The van der Waals surface area contributed by atoms with Crippen LogP contribution in [0.2, 0.25) is 0 Å². The monoisotopic (exact) mass is 347 g/mol. The van der Waals surface area contributed by atoms with Crippen molar-refractivity contribution < 1.29 is 4.79 Å². The maximum atomic E-state index is 12.5. The number of amides is 1. The molecule has 130 valence electrons. The van der Waals surface area contributed by atoms with E-state index in [2.05, 4.69) is 27.3 Å². The maximum absolute atomic E-state index is 12.5. The van der Waals surface area contributed by atoms with Crippen LogP contribution in [-0.2, 0) is 4.79 Å². The first kappa shape index (κ1) is 17.2. The van der Waals surface area contributed by atoms with E-state index in [9.17, 15) is 4.79 Å². The van der Waals surface area contributed by atoms with Gasteiger partial charge in [0.15, 0.2) is 0 Å². The maximum Gasteiger partial charge on any atom is 0.253 e. The summed E-state index contributed by atoms with van der Waals surface area (Å²) in [6, 6.07) is 2.27. The fourth-order valence-corrected chi connectivity index (χ4v) is 3.99. The van der Waals surface area contributed by atoms with Crippen LogP contribution in [0.3, 0.4) is 0 Å². The third-order valence-corrected chi connectivity index (χ3v) is 5.64. The number of hydrogen-bond donors (Lipinski definition) is 1. The summed E-state index contributed by atoms with van der Waals surface area (Å²) >= 11 is 1.39. The molecule has 1 aliphatic rings. The number of nitrogens with one attached hydrogen (secondary N) is 1. The SMILES string of the molecule is Cc1cc(C)n2nc(S[C@@H](C)C(=O)N[C@@H]3CCCC[C@@H]3C)nc2n1. The highest BCUT2D eigenvalue weighted by atomic mass is 32.2. The van der Waals surface area contributed by atoms with Crippen molar-refractivity contribution in [2.24, 2.45) is 5.92 Å². The Hall–Kier alpha value is -1.63. The summed E-state index contributed by atoms with van der Waals surface area (Å²) < 4.78 is 1.73. The van der Waals surface area contributed by atoms with Gasteiger partial charge in [-0.2, -0.15) is 4.98 Å². The number of aryl methyl sites for hydroxylation is 2. The Morgan fingerprint density at radius 2 is 2.08 bits per heavy atom. The molecular weight excluding hydrogens is 322 g/mol. The highest BCUT2D eigenvalue weighted by molar-refractivity contribution is 8.00. The number of thioether (sulfide) groups is 1. The molecule has 3 rings (SSSR count). The fraction of sp³-hybridized carbons (Fsp3) is 0.647. The fourth-order valence-electron chi connectivity index (χ4n) is 3.24. The first-order chi connectivity index (χ1) is 11.4. The first-order valence-corrected chi connectivity index (χ1v) is 9.50. The second-order valence-corrected chi connectivity index (χ2v) is 8.09. The normalized spacial score (nSPS) is 22.5. The minimum absolute atomic E-state index is 0.0680. The quantitative estimate of drug-likeness (QED) is 0.861. The molecule has 1 amide bonds. The number of hydrogen-bond acceptors (Lipinski definition) is 5. The number of carbonyl (C=O) groups is 1. The zero-order chi connectivity index (χ0) is 17.3. The standard InChI is InChI=1S/C17H25N5OS/c1-10-7-5-6-8-14(10)19-15(23)13(4)24-17-20-16-18-11(2)9-12(3)22(16)21-17/h9-10,13-14H,5-8H2,1-4H3,(H,19,23)/t10-,13-,14+/m0/s1. The Bertz CT molecular complexity index is 744. The Labute approximate surface area is 146 Å². The van der Waals surface area contributed by atoms with E-state index in [-0.39, 0.29) is 11.2 Å². The summed E-state index contributed by atoms with van der Waals surface area (Å²) in [7, 11) is 0. The number of nitrogens with zero attached hydrogens (tertiary/aromatic N) is 4. The van der Waals surface area contributed by atoms with Crippen LogP contribution in [0.1, 0.15) is 50.9 Å². The molecule has 0 aliphatic heterocycles. The summed E-state index contributed by atoms with van der Waals surface area (Å²) in [6.45, 7) is 8.05. The van der Waals surface area contributed by atoms with Crippen molar-refractivity contribution >= 4 is 23.4 Å². The van der Waals surface area contributed by atoms with Gasteiger partial charge in [0.05, 0.1) is 5.25 Å². The summed E-state index contributed by atoms with van der Waals surface area (Å²) in [6.07, 6.45) is 4.76. The van der Waals surface area contributed by atoms with Gasteiger partial charge in [-0.3, -0.25) is 4.79 Å². The lowest BCUT2D eigenvalue weighted by Crippen LogP contribution is -2.44. The molecule has 6 nitrogen and oxygen atoms in total. The smallest absolute Gasteiger partial charge is 0.253 e. The average Bonchev–Trinajstić information content (AvgIpc) is 2.92. The molecule has 0 spiro atoms. The summed E-state index contributed by atoms with van der Waals surface area (Å²) in [5, 5.41) is 8.04. The van der Waals surface area contributed by atoms with Crippen LogP contribution in [0.4, 0.5) is 0 Å². The molecule has 0 bridgehead atoms. The Kier molecular flexibility index (Phi) is 5.08. The van der Waals surface area contributed by atoms with Crippen molar-refractivity contribution in [1.82, 2.24) is 24.9 Å². The highest BCUT2D eigenvalue weighted by Gasteiger charge is 2.26. The molecule has 0 aromatic carbocycles. The zero-order valence-electron chi connectivity index (χ0n) is 14.7. The molecule has 24 heavy (non-hydrogen) atoms. The molecule has 7 heteroatoms. The minimum Gasteiger partial charge on any atom is -0.352 e. The van der Waals surface area contributed by atoms with Crippen LogP contribution >= 0.6 is 11.8 Å². The molecule has 3 atom stereocenters. The van der Waals surface area contributed by atoms with Crippen LogP contribution in [0.15, 0.2) is 11.2 Å². The highest BCUT2D eigenvalue weighted by Crippen LogP contribution is 2.25. The van der Waals surface area contributed by atoms with Gasteiger partial charge in [-0.1, -0.05) is 31.5 Å². The number of rotatable bonds is 4. The summed E-state index contributed by atoms with van der Waals surface area (Å²) in [5.41, 5.74) is 1.91. The van der Waals surface area contributed by atoms with Gasteiger partial charge >= 0.3 is 0 Å². The topological polar surface area (TPSA) is 72.2 Å². The van der Waals surface area contributed by atoms with E-state index in [1.807, 2.05) is 26.8 Å². The van der Waals surface area contributed by atoms with Gasteiger partial charge in [0.25, 0.3) is 5.78 Å². The number of carbonyl (C=O) groups excluding carboxylic acids is 1. The van der Waals surface area contributed by atoms with Crippen LogP contribution in [-0.4, -0.2) is 36.8 Å². The Morgan fingerprint density at radius 1 is 1.33 bits per heavy atom. The lowest BCUT2D eigenvalue weighted by molar-refractivity contribution is -0.121. The van der Waals surface area contributed by atoms with E-state index in [1.165, 1.54) is 31.0 Å². The lowest BCUT2D eigenvalue weighted by atomic mass is 9.86. The largest absolute Gasteiger partial charge is 0.352 e. The Morgan fingerprint density at radius 3 is 2.83 bits per heavy atom. The van der Waals surface area contributed by atoms with Gasteiger partial charge < -0.3 is 5.32 Å². The molecule has 1 N–H and O–H groups in total. The summed E-state index contributed by atoms with van der Waals surface area (Å²) in [5.74, 6) is 1.21. The number of fused-ring (bicyclic) bond motifs is 1. The molecule has 0 radical (unpaired) electrons. The van der Waals surface area contributed by atoms with E-state index >= 15 is 0 Å². The lowest BCUT2D eigenvalue weighted by Gasteiger charge is -2.30. The molecule has 2 aromatic rings. The van der Waals surface area contributed by atoms with E-state index < -0.39 is 0 Å². The van der Waals surface area contributed by atoms with Crippen molar-refractivity contribution in [3.63, 3.8) is 0 Å². The molecular formula is C17H25N5OS. The van der Waals surface area contributed by atoms with Crippen molar-refractivity contribution in [3.8, 4) is 0 Å². The van der Waals surface area contributed by atoms with Gasteiger partial charge in [0.2, 0.25) is 11.1 Å². The predicted octanol–water partition coefficient (Wildman–Crippen LogP) is 2.92. The van der Waals surface area contributed by atoms with E-state index in [0.29, 0.717) is 22.9 Å². The van der Waals surface area contributed by atoms with Crippen molar-refractivity contribution in [2.45, 2.75) is 69.8 Å². The van der Waals surface area contributed by atoms with Crippen LogP contribution in [0, 0.1) is 19.8 Å². The van der Waals surface area contributed by atoms with Gasteiger partial charge in [-0.25, -0.2) is 9.50 Å². The van der Waals surface area contributed by atoms with Gasteiger partial charge in [0.1, 0.15) is 0 Å². The third kappa shape index (κ3) is 3.71. The van der Waals surface area contributed by atoms with Crippen molar-refractivity contribution in [2.75, 3.05) is 0 Å². The van der Waals surface area contributed by atoms with Crippen LogP contribution in [0.25, 0.3) is 5.78 Å². The van der Waals surface area contributed by atoms with Crippen LogP contribution in [0.5, 0.6) is 0 Å². The molecule has 2 aromatic heterocycles. The number of aromatic nitrogens is 4. The predicted molar refractivity (Wildman–Crippen MR) is 95.1 cm³/mol. The van der Waals surface area contributed by atoms with Gasteiger partial charge in [-0.05, 0) is 45.6 Å². The minimum atomic E-state index is -0.224. The second kappa shape index (κ2) is 7.09. The summed E-state index contributed by atoms with van der Waals surface area (Å²) in [4.78, 5) is 21.3. The third-order valence-electron chi connectivity index (χ3n) is 4.69. The molecule has 1 aliphatic carbocycles.